The van der Waals surface area contributed by atoms with Crippen molar-refractivity contribution in [2.24, 2.45) is 0 Å². The van der Waals surface area contributed by atoms with Crippen LogP contribution in [0.2, 0.25) is 0 Å². The van der Waals surface area contributed by atoms with Crippen LogP contribution in [0.3, 0.4) is 0 Å². The van der Waals surface area contributed by atoms with Gasteiger partial charge in [-0.25, -0.2) is 0 Å². The Morgan fingerprint density at radius 1 is 0.692 bits per heavy atom. The minimum Gasteiger partial charge on any atom is -0.327 e. The fourth-order valence-corrected chi connectivity index (χ4v) is 0.671. The van der Waals surface area contributed by atoms with Gasteiger partial charge in [0.1, 0.15) is 0 Å². The molecule has 0 rings (SSSR count). The average molecular weight is 207 g/mol. The van der Waals surface area contributed by atoms with E-state index in [-0.39, 0.29) is 27.2 Å². The zero-order valence-corrected chi connectivity index (χ0v) is 8.78. The summed E-state index contributed by atoms with van der Waals surface area (Å²) in [6, 6.07) is 0. The molecule has 0 fully saturated rings. The molecule has 3 radical (unpaired) electrons. The van der Waals surface area contributed by atoms with Crippen LogP contribution in [0, 0.1) is 0 Å². The first-order valence-corrected chi connectivity index (χ1v) is 3.52. The van der Waals surface area contributed by atoms with Crippen molar-refractivity contribution in [2.45, 2.75) is 20.8 Å². The summed E-state index contributed by atoms with van der Waals surface area (Å²) in [7, 11) is 2.29. The number of hydrogen-bond acceptors (Lipinski definition) is 0. The number of nitrogens with zero attached hydrogens (tertiary/aromatic N) is 1. The molecule has 0 aromatic heterocycles. The minimum atomic E-state index is 0. The standard InChI is InChI=1S/C7H18N.B.4FH/c1-5-8(4,6-2)7-3;;;;;/h5-7H2,1-4H3;;4*1H/q+1;;;;;. The molecule has 0 amide bonds. The van der Waals surface area contributed by atoms with Crippen LogP contribution in [0.1, 0.15) is 20.8 Å². The van der Waals surface area contributed by atoms with Gasteiger partial charge in [0.05, 0.1) is 26.7 Å². The van der Waals surface area contributed by atoms with E-state index in [9.17, 15) is 0 Å². The Morgan fingerprint density at radius 3 is 0.846 bits per heavy atom. The van der Waals surface area contributed by atoms with Gasteiger partial charge in [0.25, 0.3) is 0 Å². The molecule has 0 saturated heterocycles. The lowest BCUT2D eigenvalue weighted by molar-refractivity contribution is -0.904. The SMILES string of the molecule is CC[N+](C)(CC)CC.F.F.F.F.[B]. The minimum absolute atomic E-state index is 0. The zero-order valence-electron chi connectivity index (χ0n) is 8.78. The molecule has 0 aliphatic carbocycles. The first kappa shape index (κ1) is 38.6. The van der Waals surface area contributed by atoms with Crippen molar-refractivity contribution in [2.75, 3.05) is 26.7 Å². The van der Waals surface area contributed by atoms with E-state index in [1.54, 1.807) is 0 Å². The van der Waals surface area contributed by atoms with E-state index < -0.39 is 0 Å². The van der Waals surface area contributed by atoms with Crippen molar-refractivity contribution in [3.8, 4) is 0 Å². The van der Waals surface area contributed by atoms with Crippen molar-refractivity contribution in [3.05, 3.63) is 0 Å². The third-order valence-electron chi connectivity index (χ3n) is 2.29. The summed E-state index contributed by atoms with van der Waals surface area (Å²) >= 11 is 0. The molecule has 0 atom stereocenters. The fourth-order valence-electron chi connectivity index (χ4n) is 0.671. The summed E-state index contributed by atoms with van der Waals surface area (Å²) in [6.07, 6.45) is 0. The van der Waals surface area contributed by atoms with Gasteiger partial charge in [-0.15, -0.1) is 0 Å². The van der Waals surface area contributed by atoms with Crippen LogP contribution in [-0.4, -0.2) is 39.6 Å². The predicted molar refractivity (Wildman–Crippen MR) is 53.6 cm³/mol. The lowest BCUT2D eigenvalue weighted by Crippen LogP contribution is -2.42. The Labute approximate surface area is 80.1 Å². The predicted octanol–water partition coefficient (Wildman–Crippen LogP) is 1.72. The average Bonchev–Trinajstić information content (AvgIpc) is 1.87. The van der Waals surface area contributed by atoms with E-state index in [2.05, 4.69) is 27.8 Å². The van der Waals surface area contributed by atoms with Crippen molar-refractivity contribution in [1.29, 1.82) is 0 Å². The van der Waals surface area contributed by atoms with Gasteiger partial charge >= 0.3 is 0 Å². The van der Waals surface area contributed by atoms with Crippen molar-refractivity contribution in [3.63, 3.8) is 0 Å². The van der Waals surface area contributed by atoms with Crippen molar-refractivity contribution < 1.29 is 23.3 Å². The molecule has 6 heteroatoms. The maximum absolute atomic E-state index is 2.29. The first-order chi connectivity index (χ1) is 3.68. The maximum Gasteiger partial charge on any atom is 0.0755 e. The van der Waals surface area contributed by atoms with Crippen LogP contribution in [0.15, 0.2) is 0 Å². The molecule has 0 saturated carbocycles. The second-order valence-corrected chi connectivity index (χ2v) is 2.57. The second-order valence-electron chi connectivity index (χ2n) is 2.57. The van der Waals surface area contributed by atoms with Gasteiger partial charge in [-0.05, 0) is 20.8 Å². The summed E-state index contributed by atoms with van der Waals surface area (Å²) in [5.74, 6) is 0. The van der Waals surface area contributed by atoms with Crippen LogP contribution in [0.25, 0.3) is 0 Å². The van der Waals surface area contributed by atoms with E-state index >= 15 is 0 Å². The summed E-state index contributed by atoms with van der Waals surface area (Å²) in [4.78, 5) is 0. The van der Waals surface area contributed by atoms with Crippen molar-refractivity contribution >= 4 is 8.41 Å². The lowest BCUT2D eigenvalue weighted by Gasteiger charge is -2.30. The zero-order chi connectivity index (χ0) is 6.62. The summed E-state index contributed by atoms with van der Waals surface area (Å²) in [6.45, 7) is 10.5. The number of quaternary nitrogens is 1. The van der Waals surface area contributed by atoms with Gasteiger partial charge in [0.15, 0.2) is 0 Å². The van der Waals surface area contributed by atoms with Crippen LogP contribution in [0.5, 0.6) is 0 Å². The molecular weight excluding hydrogens is 185 g/mol. The molecule has 1 nitrogen and oxygen atoms in total. The maximum atomic E-state index is 2.29. The Kier molecular flexibility index (Phi) is 52.7. The van der Waals surface area contributed by atoms with E-state index in [4.69, 9.17) is 0 Å². The Balaban J connectivity index is -0.0000000245. The summed E-state index contributed by atoms with van der Waals surface area (Å²) < 4.78 is 1.21. The highest BCUT2D eigenvalue weighted by atomic mass is 19.0. The van der Waals surface area contributed by atoms with Crippen LogP contribution in [-0.2, 0) is 0 Å². The molecule has 0 unspecified atom stereocenters. The third-order valence-corrected chi connectivity index (χ3v) is 2.29. The molecule has 0 aliphatic rings. The fraction of sp³-hybridized carbons (Fsp3) is 1.00. The van der Waals surface area contributed by atoms with Crippen LogP contribution >= 0.6 is 0 Å². The highest BCUT2D eigenvalue weighted by Crippen LogP contribution is 1.97. The number of rotatable bonds is 3. The van der Waals surface area contributed by atoms with Gasteiger partial charge in [0.2, 0.25) is 0 Å². The molecule has 0 bridgehead atoms. The van der Waals surface area contributed by atoms with E-state index in [1.807, 2.05) is 0 Å². The van der Waals surface area contributed by atoms with Crippen LogP contribution < -0.4 is 0 Å². The molecule has 0 heterocycles. The van der Waals surface area contributed by atoms with Gasteiger partial charge in [-0.3, -0.25) is 18.8 Å². The molecule has 85 valence electrons. The third kappa shape index (κ3) is 14.6. The van der Waals surface area contributed by atoms with Gasteiger partial charge in [0, 0.05) is 8.41 Å². The van der Waals surface area contributed by atoms with Gasteiger partial charge in [-0.1, -0.05) is 0 Å². The van der Waals surface area contributed by atoms with E-state index in [0.717, 1.165) is 0 Å². The monoisotopic (exact) mass is 207 g/mol. The summed E-state index contributed by atoms with van der Waals surface area (Å²) in [5.41, 5.74) is 0. The summed E-state index contributed by atoms with van der Waals surface area (Å²) in [5, 5.41) is 0. The Bertz CT molecular complexity index is 63.2. The first-order valence-electron chi connectivity index (χ1n) is 3.52. The molecule has 0 spiro atoms. The quantitative estimate of drug-likeness (QED) is 0.375. The van der Waals surface area contributed by atoms with Crippen molar-refractivity contribution in [1.82, 2.24) is 0 Å². The Hall–Kier alpha value is -0.255. The normalized spacial score (nSPS) is 7.38. The largest absolute Gasteiger partial charge is 0.327 e. The topological polar surface area (TPSA) is 0 Å². The molecule has 0 aromatic carbocycles. The van der Waals surface area contributed by atoms with Gasteiger partial charge in [-0.2, -0.15) is 0 Å². The van der Waals surface area contributed by atoms with Gasteiger partial charge < -0.3 is 4.48 Å². The molecule has 13 heavy (non-hydrogen) atoms. The van der Waals surface area contributed by atoms with Crippen LogP contribution in [0.4, 0.5) is 18.8 Å². The molecule has 0 aliphatic heterocycles. The molecular formula is C7H22BF4N+. The highest BCUT2D eigenvalue weighted by molar-refractivity contribution is 5.75. The van der Waals surface area contributed by atoms with E-state index in [0.29, 0.717) is 0 Å². The molecule has 0 N–H and O–H groups in total. The Morgan fingerprint density at radius 2 is 0.846 bits per heavy atom. The number of halogens is 4. The number of hydrogen-bond donors (Lipinski definition) is 0. The molecule has 0 aromatic rings. The smallest absolute Gasteiger partial charge is 0.0755 e. The second kappa shape index (κ2) is 17.7. The highest BCUT2D eigenvalue weighted by Gasteiger charge is 2.10. The lowest BCUT2D eigenvalue weighted by atomic mass is 10.4. The van der Waals surface area contributed by atoms with E-state index in [1.165, 1.54) is 24.1 Å².